The lowest BCUT2D eigenvalue weighted by Crippen LogP contribution is -2.32. The van der Waals surface area contributed by atoms with E-state index in [4.69, 9.17) is 4.74 Å². The van der Waals surface area contributed by atoms with E-state index in [1.807, 2.05) is 0 Å². The Kier molecular flexibility index (Phi) is 5.00. The molecular weight excluding hydrogens is 212 g/mol. The van der Waals surface area contributed by atoms with Crippen LogP contribution in [0.5, 0.6) is 0 Å². The zero-order valence-electron chi connectivity index (χ0n) is 8.95. The minimum absolute atomic E-state index is 0.0696. The van der Waals surface area contributed by atoms with Gasteiger partial charge >= 0.3 is 0 Å². The smallest absolute Gasteiger partial charge is 0.252 e. The monoisotopic (exact) mass is 226 g/mol. The van der Waals surface area contributed by atoms with E-state index in [0.717, 1.165) is 0 Å². The molecule has 0 aliphatic carbocycles. The van der Waals surface area contributed by atoms with Crippen LogP contribution in [0.1, 0.15) is 0 Å². The third-order valence-electron chi connectivity index (χ3n) is 1.74. The molecule has 1 amide bonds. The molecule has 88 valence electrons. The molecule has 16 heavy (non-hydrogen) atoms. The Morgan fingerprint density at radius 2 is 2.44 bits per heavy atom. The average molecular weight is 226 g/mol. The number of nitrogens with zero attached hydrogens (tertiary/aromatic N) is 1. The number of carbonyl (C=O) groups is 1. The van der Waals surface area contributed by atoms with Crippen LogP contribution in [0.15, 0.2) is 17.2 Å². The van der Waals surface area contributed by atoms with Crippen molar-refractivity contribution in [2.24, 2.45) is 0 Å². The predicted octanol–water partition coefficient (Wildman–Crippen LogP) is -1.06. The zero-order chi connectivity index (χ0) is 11.8. The molecule has 7 nitrogen and oxygen atoms in total. The van der Waals surface area contributed by atoms with Gasteiger partial charge in [-0.2, -0.15) is 0 Å². The number of ether oxygens (including phenoxy) is 1. The minimum atomic E-state index is -0.266. The van der Waals surface area contributed by atoms with Crippen molar-refractivity contribution >= 4 is 11.7 Å². The van der Waals surface area contributed by atoms with Crippen LogP contribution < -0.4 is 16.2 Å². The van der Waals surface area contributed by atoms with E-state index in [2.05, 4.69) is 20.6 Å². The van der Waals surface area contributed by atoms with Crippen LogP contribution in [-0.2, 0) is 9.53 Å². The van der Waals surface area contributed by atoms with Gasteiger partial charge in [-0.05, 0) is 0 Å². The van der Waals surface area contributed by atoms with E-state index in [-0.39, 0.29) is 18.0 Å². The number of anilines is 1. The second-order valence-electron chi connectivity index (χ2n) is 2.99. The third kappa shape index (κ3) is 4.56. The lowest BCUT2D eigenvalue weighted by atomic mass is 10.5. The standard InChI is InChI=1S/C9H14N4O3/c1-16-3-2-10-9(15)5-11-7-4-8(14)13-6-12-7/h4,6H,2-3,5H2,1H3,(H,10,15)(H2,11,12,13,14). The van der Waals surface area contributed by atoms with Gasteiger partial charge in [-0.15, -0.1) is 0 Å². The van der Waals surface area contributed by atoms with Crippen LogP contribution >= 0.6 is 0 Å². The quantitative estimate of drug-likeness (QED) is 0.537. The molecular formula is C9H14N4O3. The highest BCUT2D eigenvalue weighted by Crippen LogP contribution is 1.92. The largest absolute Gasteiger partial charge is 0.383 e. The van der Waals surface area contributed by atoms with E-state index in [1.54, 1.807) is 7.11 Å². The number of aromatic amines is 1. The van der Waals surface area contributed by atoms with Gasteiger partial charge in [-0.1, -0.05) is 0 Å². The Morgan fingerprint density at radius 3 is 3.12 bits per heavy atom. The third-order valence-corrected chi connectivity index (χ3v) is 1.74. The van der Waals surface area contributed by atoms with Crippen molar-refractivity contribution in [3.05, 3.63) is 22.7 Å². The normalized spacial score (nSPS) is 9.81. The number of H-pyrrole nitrogens is 1. The summed E-state index contributed by atoms with van der Waals surface area (Å²) in [5, 5.41) is 5.36. The van der Waals surface area contributed by atoms with Crippen LogP contribution in [-0.4, -0.2) is 42.7 Å². The van der Waals surface area contributed by atoms with Crippen molar-refractivity contribution in [2.75, 3.05) is 32.1 Å². The molecule has 0 unspecified atom stereocenters. The highest BCUT2D eigenvalue weighted by Gasteiger charge is 2.00. The molecule has 1 aromatic rings. The number of rotatable bonds is 6. The number of amides is 1. The molecule has 0 saturated carbocycles. The van der Waals surface area contributed by atoms with Crippen molar-refractivity contribution in [3.63, 3.8) is 0 Å². The Bertz CT molecular complexity index is 390. The van der Waals surface area contributed by atoms with Gasteiger partial charge < -0.3 is 20.4 Å². The highest BCUT2D eigenvalue weighted by atomic mass is 16.5. The molecule has 0 aliphatic heterocycles. The second kappa shape index (κ2) is 6.57. The molecule has 0 aromatic carbocycles. The summed E-state index contributed by atoms with van der Waals surface area (Å²) in [5.41, 5.74) is -0.266. The molecule has 1 rings (SSSR count). The highest BCUT2D eigenvalue weighted by molar-refractivity contribution is 5.80. The van der Waals surface area contributed by atoms with E-state index < -0.39 is 0 Å². The van der Waals surface area contributed by atoms with Gasteiger partial charge in [0.2, 0.25) is 5.91 Å². The molecule has 0 atom stereocenters. The van der Waals surface area contributed by atoms with Gasteiger partial charge in [0, 0.05) is 19.7 Å². The number of carbonyl (C=O) groups excluding carboxylic acids is 1. The summed E-state index contributed by atoms with van der Waals surface area (Å²) in [6.07, 6.45) is 1.27. The molecule has 3 N–H and O–H groups in total. The first kappa shape index (κ1) is 12.2. The first-order valence-electron chi connectivity index (χ1n) is 4.76. The van der Waals surface area contributed by atoms with Crippen molar-refractivity contribution < 1.29 is 9.53 Å². The average Bonchev–Trinajstić information content (AvgIpc) is 2.27. The fraction of sp³-hybridized carbons (Fsp3) is 0.444. The summed E-state index contributed by atoms with van der Waals surface area (Å²) in [7, 11) is 1.56. The van der Waals surface area contributed by atoms with Gasteiger partial charge in [0.25, 0.3) is 5.56 Å². The fourth-order valence-electron chi connectivity index (χ4n) is 0.991. The van der Waals surface area contributed by atoms with E-state index in [9.17, 15) is 9.59 Å². The summed E-state index contributed by atoms with van der Waals surface area (Å²) in [5.74, 6) is 0.185. The molecule has 0 bridgehead atoms. The molecule has 0 spiro atoms. The molecule has 7 heteroatoms. The fourth-order valence-corrected chi connectivity index (χ4v) is 0.991. The number of hydrogen-bond donors (Lipinski definition) is 3. The predicted molar refractivity (Wildman–Crippen MR) is 58.2 cm³/mol. The van der Waals surface area contributed by atoms with Gasteiger partial charge in [0.05, 0.1) is 19.5 Å². The minimum Gasteiger partial charge on any atom is -0.383 e. The molecule has 0 saturated heterocycles. The first-order valence-corrected chi connectivity index (χ1v) is 4.76. The maximum absolute atomic E-state index is 11.2. The summed E-state index contributed by atoms with van der Waals surface area (Å²) >= 11 is 0. The van der Waals surface area contributed by atoms with Crippen LogP contribution in [0.3, 0.4) is 0 Å². The van der Waals surface area contributed by atoms with Gasteiger partial charge in [-0.3, -0.25) is 9.59 Å². The summed E-state index contributed by atoms with van der Waals surface area (Å²) in [6.45, 7) is 0.995. The van der Waals surface area contributed by atoms with Crippen molar-refractivity contribution in [2.45, 2.75) is 0 Å². The lowest BCUT2D eigenvalue weighted by molar-refractivity contribution is -0.119. The molecule has 1 heterocycles. The molecule has 0 fully saturated rings. The Hall–Kier alpha value is -1.89. The van der Waals surface area contributed by atoms with Gasteiger partial charge in [0.1, 0.15) is 5.82 Å². The van der Waals surface area contributed by atoms with Crippen LogP contribution in [0.4, 0.5) is 5.82 Å². The maximum Gasteiger partial charge on any atom is 0.252 e. The zero-order valence-corrected chi connectivity index (χ0v) is 8.95. The van der Waals surface area contributed by atoms with Crippen LogP contribution in [0.25, 0.3) is 0 Å². The number of hydrogen-bond acceptors (Lipinski definition) is 5. The van der Waals surface area contributed by atoms with E-state index in [1.165, 1.54) is 12.4 Å². The van der Waals surface area contributed by atoms with Crippen molar-refractivity contribution in [1.82, 2.24) is 15.3 Å². The summed E-state index contributed by atoms with van der Waals surface area (Å²) in [6, 6.07) is 1.28. The SMILES string of the molecule is COCCNC(=O)CNc1cc(=O)[nH]cn1. The van der Waals surface area contributed by atoms with Gasteiger partial charge in [0.15, 0.2) is 0 Å². The molecule has 0 aliphatic rings. The maximum atomic E-state index is 11.2. The van der Waals surface area contributed by atoms with Crippen LogP contribution in [0, 0.1) is 0 Å². The van der Waals surface area contributed by atoms with E-state index >= 15 is 0 Å². The second-order valence-corrected chi connectivity index (χ2v) is 2.99. The van der Waals surface area contributed by atoms with Crippen molar-refractivity contribution in [1.29, 1.82) is 0 Å². The Morgan fingerprint density at radius 1 is 1.62 bits per heavy atom. The topological polar surface area (TPSA) is 96.1 Å². The van der Waals surface area contributed by atoms with Crippen molar-refractivity contribution in [3.8, 4) is 0 Å². The van der Waals surface area contributed by atoms with Gasteiger partial charge in [-0.25, -0.2) is 4.98 Å². The lowest BCUT2D eigenvalue weighted by Gasteiger charge is -2.05. The van der Waals surface area contributed by atoms with E-state index in [0.29, 0.717) is 19.0 Å². The summed E-state index contributed by atoms with van der Waals surface area (Å²) in [4.78, 5) is 28.3. The first-order chi connectivity index (χ1) is 7.72. The van der Waals surface area contributed by atoms with Crippen LogP contribution in [0.2, 0.25) is 0 Å². The number of aromatic nitrogens is 2. The number of methoxy groups -OCH3 is 1. The summed E-state index contributed by atoms with van der Waals surface area (Å²) < 4.78 is 4.78. The Balaban J connectivity index is 2.29. The number of nitrogens with one attached hydrogen (secondary N) is 3. The molecule has 1 aromatic heterocycles. The Labute approximate surface area is 92.2 Å². The molecule has 0 radical (unpaired) electrons.